The van der Waals surface area contributed by atoms with Gasteiger partial charge < -0.3 is 14.6 Å². The van der Waals surface area contributed by atoms with Gasteiger partial charge in [0.15, 0.2) is 5.41 Å². The van der Waals surface area contributed by atoms with Crippen molar-refractivity contribution in [2.75, 3.05) is 14.2 Å². The standard InChI is InChI=1S/C10H14O5/c1-4-6-7(11)5-10(6,8(12)14-2)9(13)15-3/h4,6-7,11H,1,5H2,2-3H3/t6?,7-/m1/s1. The average Bonchev–Trinajstić information content (AvgIpc) is 2.23. The van der Waals surface area contributed by atoms with E-state index in [1.54, 1.807) is 0 Å². The van der Waals surface area contributed by atoms with Gasteiger partial charge in [-0.15, -0.1) is 6.58 Å². The summed E-state index contributed by atoms with van der Waals surface area (Å²) in [6.07, 6.45) is 0.645. The minimum absolute atomic E-state index is 0.0169. The van der Waals surface area contributed by atoms with Gasteiger partial charge in [-0.1, -0.05) is 6.08 Å². The lowest BCUT2D eigenvalue weighted by Crippen LogP contribution is -2.60. The van der Waals surface area contributed by atoms with Crippen molar-refractivity contribution in [1.29, 1.82) is 0 Å². The van der Waals surface area contributed by atoms with E-state index in [0.717, 1.165) is 0 Å². The molecule has 0 aliphatic heterocycles. The van der Waals surface area contributed by atoms with Crippen molar-refractivity contribution in [2.24, 2.45) is 11.3 Å². The highest BCUT2D eigenvalue weighted by molar-refractivity contribution is 6.02. The number of carbonyl (C=O) groups is 2. The van der Waals surface area contributed by atoms with Crippen LogP contribution in [0.25, 0.3) is 0 Å². The Morgan fingerprint density at radius 2 is 1.87 bits per heavy atom. The quantitative estimate of drug-likeness (QED) is 0.403. The van der Waals surface area contributed by atoms with Crippen LogP contribution in [0.2, 0.25) is 0 Å². The first kappa shape index (κ1) is 11.7. The molecule has 5 heteroatoms. The Hall–Kier alpha value is -1.36. The van der Waals surface area contributed by atoms with Crippen LogP contribution in [0.4, 0.5) is 0 Å². The number of aliphatic hydroxyl groups excluding tert-OH is 1. The van der Waals surface area contributed by atoms with Gasteiger partial charge in [0.1, 0.15) is 0 Å². The van der Waals surface area contributed by atoms with Crippen molar-refractivity contribution in [3.63, 3.8) is 0 Å². The fourth-order valence-electron chi connectivity index (χ4n) is 2.01. The molecule has 5 nitrogen and oxygen atoms in total. The number of carbonyl (C=O) groups excluding carboxylic acids is 2. The first-order valence-corrected chi connectivity index (χ1v) is 4.52. The predicted octanol–water partition coefficient (Wildman–Crippen LogP) is -0.114. The molecule has 0 amide bonds. The minimum Gasteiger partial charge on any atom is -0.468 e. The van der Waals surface area contributed by atoms with Gasteiger partial charge in [0.2, 0.25) is 0 Å². The number of hydrogen-bond acceptors (Lipinski definition) is 5. The van der Waals surface area contributed by atoms with Crippen molar-refractivity contribution < 1.29 is 24.2 Å². The molecule has 0 radical (unpaired) electrons. The zero-order chi connectivity index (χ0) is 11.6. The molecule has 1 aliphatic carbocycles. The van der Waals surface area contributed by atoms with Crippen LogP contribution in [0.1, 0.15) is 6.42 Å². The predicted molar refractivity (Wildman–Crippen MR) is 50.8 cm³/mol. The highest BCUT2D eigenvalue weighted by Gasteiger charge is 2.64. The Morgan fingerprint density at radius 1 is 1.40 bits per heavy atom. The molecule has 1 N–H and O–H groups in total. The van der Waals surface area contributed by atoms with E-state index in [0.29, 0.717) is 0 Å². The van der Waals surface area contributed by atoms with E-state index in [2.05, 4.69) is 16.1 Å². The second-order valence-corrected chi connectivity index (χ2v) is 3.49. The molecule has 0 spiro atoms. The van der Waals surface area contributed by atoms with Gasteiger partial charge in [0.25, 0.3) is 0 Å². The summed E-state index contributed by atoms with van der Waals surface area (Å²) in [5.74, 6) is -2.02. The van der Waals surface area contributed by atoms with Crippen LogP contribution in [0.15, 0.2) is 12.7 Å². The summed E-state index contributed by atoms with van der Waals surface area (Å²) in [4.78, 5) is 23.1. The lowest BCUT2D eigenvalue weighted by molar-refractivity contribution is -0.193. The lowest BCUT2D eigenvalue weighted by atomic mass is 9.58. The molecule has 15 heavy (non-hydrogen) atoms. The molecular weight excluding hydrogens is 200 g/mol. The summed E-state index contributed by atoms with van der Waals surface area (Å²) in [5.41, 5.74) is -1.41. The largest absolute Gasteiger partial charge is 0.468 e. The number of ether oxygens (including phenoxy) is 2. The van der Waals surface area contributed by atoms with E-state index in [1.165, 1.54) is 20.3 Å². The van der Waals surface area contributed by atoms with Gasteiger partial charge in [-0.2, -0.15) is 0 Å². The summed E-state index contributed by atoms with van der Waals surface area (Å²) in [6, 6.07) is 0. The number of hydrogen-bond donors (Lipinski definition) is 1. The molecular formula is C10H14O5. The molecule has 1 unspecified atom stereocenters. The van der Waals surface area contributed by atoms with Crippen LogP contribution in [0.5, 0.6) is 0 Å². The minimum atomic E-state index is -1.41. The fourth-order valence-corrected chi connectivity index (χ4v) is 2.01. The second kappa shape index (κ2) is 4.02. The highest BCUT2D eigenvalue weighted by atomic mass is 16.5. The third-order valence-corrected chi connectivity index (χ3v) is 2.87. The van der Waals surface area contributed by atoms with Crippen molar-refractivity contribution >= 4 is 11.9 Å². The zero-order valence-corrected chi connectivity index (χ0v) is 8.73. The van der Waals surface area contributed by atoms with Crippen molar-refractivity contribution in [3.8, 4) is 0 Å². The Morgan fingerprint density at radius 3 is 2.13 bits per heavy atom. The molecule has 0 bridgehead atoms. The molecule has 1 saturated carbocycles. The van der Waals surface area contributed by atoms with Gasteiger partial charge in [0.05, 0.1) is 20.3 Å². The number of aliphatic hydroxyl groups is 1. The van der Waals surface area contributed by atoms with Gasteiger partial charge >= 0.3 is 11.9 Å². The normalized spacial score (nSPS) is 27.4. The van der Waals surface area contributed by atoms with E-state index < -0.39 is 29.4 Å². The van der Waals surface area contributed by atoms with E-state index in [1.807, 2.05) is 0 Å². The van der Waals surface area contributed by atoms with Crippen molar-refractivity contribution in [1.82, 2.24) is 0 Å². The number of esters is 2. The van der Waals surface area contributed by atoms with Gasteiger partial charge in [0, 0.05) is 12.3 Å². The molecule has 0 aromatic heterocycles. The SMILES string of the molecule is C=CC1[C@H](O)CC1(C(=O)OC)C(=O)OC. The highest BCUT2D eigenvalue weighted by Crippen LogP contribution is 2.49. The third kappa shape index (κ3) is 1.43. The first-order valence-electron chi connectivity index (χ1n) is 4.52. The fraction of sp³-hybridized carbons (Fsp3) is 0.600. The topological polar surface area (TPSA) is 72.8 Å². The zero-order valence-electron chi connectivity index (χ0n) is 8.73. The van der Waals surface area contributed by atoms with E-state index in [-0.39, 0.29) is 6.42 Å². The Labute approximate surface area is 87.7 Å². The monoisotopic (exact) mass is 214 g/mol. The van der Waals surface area contributed by atoms with Crippen LogP contribution in [0.3, 0.4) is 0 Å². The molecule has 1 aliphatic rings. The number of rotatable bonds is 3. The maximum absolute atomic E-state index is 11.5. The van der Waals surface area contributed by atoms with Gasteiger partial charge in [-0.05, 0) is 0 Å². The van der Waals surface area contributed by atoms with Crippen LogP contribution >= 0.6 is 0 Å². The Bertz CT molecular complexity index is 280. The summed E-state index contributed by atoms with van der Waals surface area (Å²) < 4.78 is 9.12. The van der Waals surface area contributed by atoms with Crippen molar-refractivity contribution in [3.05, 3.63) is 12.7 Å². The van der Waals surface area contributed by atoms with E-state index >= 15 is 0 Å². The van der Waals surface area contributed by atoms with Gasteiger partial charge in [-0.25, -0.2) is 0 Å². The van der Waals surface area contributed by atoms with Crippen LogP contribution in [-0.2, 0) is 19.1 Å². The summed E-state index contributed by atoms with van der Waals surface area (Å²) >= 11 is 0. The maximum Gasteiger partial charge on any atom is 0.324 e. The molecule has 0 saturated heterocycles. The Balaban J connectivity index is 3.04. The molecule has 1 fully saturated rings. The summed E-state index contributed by atoms with van der Waals surface area (Å²) in [7, 11) is 2.38. The van der Waals surface area contributed by atoms with Crippen molar-refractivity contribution in [2.45, 2.75) is 12.5 Å². The first-order chi connectivity index (χ1) is 7.04. The summed E-state index contributed by atoms with van der Waals surface area (Å²) in [6.45, 7) is 3.49. The smallest absolute Gasteiger partial charge is 0.324 e. The second-order valence-electron chi connectivity index (χ2n) is 3.49. The maximum atomic E-state index is 11.5. The van der Waals surface area contributed by atoms with Crippen LogP contribution in [0, 0.1) is 11.3 Å². The molecule has 0 aromatic rings. The van der Waals surface area contributed by atoms with Gasteiger partial charge in [-0.3, -0.25) is 9.59 Å². The third-order valence-electron chi connectivity index (χ3n) is 2.87. The average molecular weight is 214 g/mol. The van der Waals surface area contributed by atoms with E-state index in [4.69, 9.17) is 0 Å². The van der Waals surface area contributed by atoms with Crippen LogP contribution in [-0.4, -0.2) is 37.4 Å². The molecule has 0 aromatic carbocycles. The summed E-state index contributed by atoms with van der Waals surface area (Å²) in [5, 5.41) is 9.45. The molecule has 2 atom stereocenters. The number of methoxy groups -OCH3 is 2. The molecule has 0 heterocycles. The Kier molecular flexibility index (Phi) is 3.14. The van der Waals surface area contributed by atoms with E-state index in [9.17, 15) is 14.7 Å². The molecule has 1 rings (SSSR count). The van der Waals surface area contributed by atoms with Crippen LogP contribution < -0.4 is 0 Å². The lowest BCUT2D eigenvalue weighted by Gasteiger charge is -2.46. The molecule has 84 valence electrons.